The van der Waals surface area contributed by atoms with Gasteiger partial charge in [0.1, 0.15) is 24.2 Å². The van der Waals surface area contributed by atoms with Crippen LogP contribution >= 0.6 is 0 Å². The van der Waals surface area contributed by atoms with Crippen molar-refractivity contribution in [3.8, 4) is 5.75 Å². The van der Waals surface area contributed by atoms with Crippen molar-refractivity contribution in [1.82, 2.24) is 19.9 Å². The Balaban J connectivity index is 1.41. The third-order valence-corrected chi connectivity index (χ3v) is 5.14. The highest BCUT2D eigenvalue weighted by Crippen LogP contribution is 2.31. The summed E-state index contributed by atoms with van der Waals surface area (Å²) < 4.78 is 6.23. The molecule has 3 N–H and O–H groups in total. The van der Waals surface area contributed by atoms with Crippen LogP contribution < -0.4 is 15.4 Å². The number of aromatic nitrogens is 4. The molecule has 7 heteroatoms. The number of H-pyrrole nitrogens is 1. The molecule has 3 heterocycles. The van der Waals surface area contributed by atoms with Gasteiger partial charge in [-0.25, -0.2) is 15.0 Å². The topological polar surface area (TPSA) is 93.0 Å². The summed E-state index contributed by atoms with van der Waals surface area (Å²) >= 11 is 0. The summed E-state index contributed by atoms with van der Waals surface area (Å²) in [5.41, 5.74) is 8.27. The summed E-state index contributed by atoms with van der Waals surface area (Å²) in [5, 5.41) is 2.16. The molecular formula is C20H20N6O. The van der Waals surface area contributed by atoms with Crippen LogP contribution in [0, 0.1) is 0 Å². The Labute approximate surface area is 156 Å². The van der Waals surface area contributed by atoms with Gasteiger partial charge in [0.05, 0.1) is 12.4 Å². The number of aromatic amines is 1. The van der Waals surface area contributed by atoms with Crippen LogP contribution in [-0.2, 0) is 0 Å². The van der Waals surface area contributed by atoms with Gasteiger partial charge in [-0.2, -0.15) is 0 Å². The van der Waals surface area contributed by atoms with Gasteiger partial charge in [0.25, 0.3) is 0 Å². The number of hydrogen-bond donors (Lipinski definition) is 2. The second-order valence-electron chi connectivity index (χ2n) is 6.83. The molecule has 0 unspecified atom stereocenters. The summed E-state index contributed by atoms with van der Waals surface area (Å²) in [7, 11) is 0. The molecule has 0 bridgehead atoms. The zero-order valence-electron chi connectivity index (χ0n) is 14.8. The average molecular weight is 360 g/mol. The van der Waals surface area contributed by atoms with Gasteiger partial charge in [-0.3, -0.25) is 0 Å². The third-order valence-electron chi connectivity index (χ3n) is 5.14. The van der Waals surface area contributed by atoms with E-state index in [9.17, 15) is 0 Å². The Bertz CT molecular complexity index is 1110. The molecule has 1 aliphatic heterocycles. The molecule has 2 aromatic carbocycles. The summed E-state index contributed by atoms with van der Waals surface area (Å²) in [6.07, 6.45) is 5.40. The maximum atomic E-state index is 6.23. The second kappa shape index (κ2) is 6.42. The van der Waals surface area contributed by atoms with Crippen LogP contribution in [0.2, 0.25) is 0 Å². The Morgan fingerprint density at radius 3 is 3.11 bits per heavy atom. The van der Waals surface area contributed by atoms with E-state index in [0.29, 0.717) is 6.61 Å². The number of imidazole rings is 1. The van der Waals surface area contributed by atoms with E-state index >= 15 is 0 Å². The van der Waals surface area contributed by atoms with E-state index in [4.69, 9.17) is 10.5 Å². The van der Waals surface area contributed by atoms with E-state index in [1.807, 2.05) is 30.3 Å². The number of nitrogens with two attached hydrogens (primary N) is 1. The van der Waals surface area contributed by atoms with Crippen molar-refractivity contribution in [3.05, 3.63) is 49.1 Å². The molecule has 0 radical (unpaired) electrons. The van der Waals surface area contributed by atoms with E-state index < -0.39 is 0 Å². The summed E-state index contributed by atoms with van der Waals surface area (Å²) in [6, 6.07) is 12.2. The number of nitrogens with zero attached hydrogens (tertiary/aromatic N) is 4. The molecule has 5 rings (SSSR count). The van der Waals surface area contributed by atoms with Crippen LogP contribution in [0.15, 0.2) is 49.1 Å². The Morgan fingerprint density at radius 2 is 2.15 bits per heavy atom. The molecule has 0 amide bonds. The van der Waals surface area contributed by atoms with Crippen LogP contribution in [0.1, 0.15) is 12.8 Å². The van der Waals surface area contributed by atoms with Crippen molar-refractivity contribution in [2.45, 2.75) is 18.9 Å². The van der Waals surface area contributed by atoms with Gasteiger partial charge >= 0.3 is 0 Å². The Morgan fingerprint density at radius 1 is 1.19 bits per heavy atom. The third kappa shape index (κ3) is 2.81. The van der Waals surface area contributed by atoms with Gasteiger partial charge in [-0.15, -0.1) is 0 Å². The van der Waals surface area contributed by atoms with Crippen molar-refractivity contribution in [2.24, 2.45) is 0 Å². The number of fused-ring (bicyclic) bond motifs is 2. The first-order valence-corrected chi connectivity index (χ1v) is 9.11. The van der Waals surface area contributed by atoms with Crippen molar-refractivity contribution in [2.75, 3.05) is 23.8 Å². The van der Waals surface area contributed by atoms with E-state index in [0.717, 1.165) is 58.6 Å². The van der Waals surface area contributed by atoms with E-state index in [1.165, 1.54) is 0 Å². The lowest BCUT2D eigenvalue weighted by Crippen LogP contribution is -2.35. The predicted molar refractivity (Wildman–Crippen MR) is 106 cm³/mol. The lowest BCUT2D eigenvalue weighted by atomic mass is 10.1. The van der Waals surface area contributed by atoms with Crippen molar-refractivity contribution in [1.29, 1.82) is 0 Å². The number of benzene rings is 2. The largest absolute Gasteiger partial charge is 0.491 e. The number of anilines is 2. The van der Waals surface area contributed by atoms with Crippen LogP contribution in [0.3, 0.4) is 0 Å². The molecule has 27 heavy (non-hydrogen) atoms. The molecule has 1 atom stereocenters. The first-order chi connectivity index (χ1) is 13.3. The van der Waals surface area contributed by atoms with Crippen LogP contribution in [0.5, 0.6) is 5.75 Å². The van der Waals surface area contributed by atoms with Gasteiger partial charge in [-0.05, 0) is 36.4 Å². The maximum Gasteiger partial charge on any atom is 0.162 e. The fraction of sp³-hybridized carbons (Fsp3) is 0.250. The SMILES string of the molecule is Nc1ccc2cccc(OC[C@H]3CCCN3c3ncnc4[nH]cnc34)c2c1. The minimum Gasteiger partial charge on any atom is -0.491 e. The molecule has 1 saturated heterocycles. The monoisotopic (exact) mass is 360 g/mol. The molecule has 7 nitrogen and oxygen atoms in total. The fourth-order valence-electron chi connectivity index (χ4n) is 3.82. The zero-order chi connectivity index (χ0) is 18.2. The molecule has 136 valence electrons. The van der Waals surface area contributed by atoms with Gasteiger partial charge in [0.2, 0.25) is 0 Å². The number of nitrogens with one attached hydrogen (secondary N) is 1. The first kappa shape index (κ1) is 15.9. The fourth-order valence-corrected chi connectivity index (χ4v) is 3.82. The Hall–Kier alpha value is -3.35. The van der Waals surface area contributed by atoms with Gasteiger partial charge in [0.15, 0.2) is 11.5 Å². The minimum absolute atomic E-state index is 0.246. The van der Waals surface area contributed by atoms with Crippen LogP contribution in [0.25, 0.3) is 21.9 Å². The lowest BCUT2D eigenvalue weighted by Gasteiger charge is -2.26. The minimum atomic E-state index is 0.246. The Kier molecular flexibility index (Phi) is 3.78. The molecule has 2 aromatic heterocycles. The number of rotatable bonds is 4. The number of hydrogen-bond acceptors (Lipinski definition) is 6. The van der Waals surface area contributed by atoms with E-state index in [-0.39, 0.29) is 6.04 Å². The highest BCUT2D eigenvalue weighted by molar-refractivity contribution is 5.90. The summed E-state index contributed by atoms with van der Waals surface area (Å²) in [4.78, 5) is 18.4. The molecular weight excluding hydrogens is 340 g/mol. The van der Waals surface area contributed by atoms with Crippen molar-refractivity contribution < 1.29 is 4.74 Å². The quantitative estimate of drug-likeness (QED) is 0.543. The van der Waals surface area contributed by atoms with E-state index in [2.05, 4.69) is 30.9 Å². The van der Waals surface area contributed by atoms with Crippen LogP contribution in [-0.4, -0.2) is 39.1 Å². The molecule has 4 aromatic rings. The van der Waals surface area contributed by atoms with E-state index in [1.54, 1.807) is 12.7 Å². The lowest BCUT2D eigenvalue weighted by molar-refractivity contribution is 0.291. The van der Waals surface area contributed by atoms with Gasteiger partial charge in [0, 0.05) is 17.6 Å². The molecule has 0 aliphatic carbocycles. The predicted octanol–water partition coefficient (Wildman–Crippen LogP) is 3.14. The summed E-state index contributed by atoms with van der Waals surface area (Å²) in [6.45, 7) is 1.53. The zero-order valence-corrected chi connectivity index (χ0v) is 14.8. The summed E-state index contributed by atoms with van der Waals surface area (Å²) in [5.74, 6) is 1.73. The standard InChI is InChI=1S/C20H20N6O/c21-14-7-6-13-3-1-5-17(16(13)9-14)27-10-15-4-2-8-26(15)20-18-19(23-11-22-18)24-12-25-20/h1,3,5-7,9,11-12,15H,2,4,8,10,21H2,(H,22,23,24,25)/t15-/m1/s1. The smallest absolute Gasteiger partial charge is 0.162 e. The number of nitrogen functional groups attached to an aromatic ring is 1. The van der Waals surface area contributed by atoms with Gasteiger partial charge < -0.3 is 20.4 Å². The highest BCUT2D eigenvalue weighted by Gasteiger charge is 2.28. The number of ether oxygens (including phenoxy) is 1. The molecule has 1 fully saturated rings. The normalized spacial score (nSPS) is 17.0. The maximum absolute atomic E-state index is 6.23. The second-order valence-corrected chi connectivity index (χ2v) is 6.83. The molecule has 0 spiro atoms. The molecule has 1 aliphatic rings. The van der Waals surface area contributed by atoms with Crippen molar-refractivity contribution >= 4 is 33.4 Å². The van der Waals surface area contributed by atoms with Crippen molar-refractivity contribution in [3.63, 3.8) is 0 Å². The van der Waals surface area contributed by atoms with Gasteiger partial charge in [-0.1, -0.05) is 18.2 Å². The highest BCUT2D eigenvalue weighted by atomic mass is 16.5. The first-order valence-electron chi connectivity index (χ1n) is 9.11. The molecule has 0 saturated carbocycles. The average Bonchev–Trinajstić information content (AvgIpc) is 3.35. The van der Waals surface area contributed by atoms with Crippen LogP contribution in [0.4, 0.5) is 11.5 Å².